The van der Waals surface area contributed by atoms with Crippen molar-refractivity contribution in [1.82, 2.24) is 24.8 Å². The zero-order chi connectivity index (χ0) is 24.9. The Kier molecular flexibility index (Phi) is 6.11. The predicted molar refractivity (Wildman–Crippen MR) is 147 cm³/mol. The summed E-state index contributed by atoms with van der Waals surface area (Å²) in [6.07, 6.45) is 7.05. The summed E-state index contributed by atoms with van der Waals surface area (Å²) >= 11 is 1.79. The maximum atomic E-state index is 15.2. The van der Waals surface area contributed by atoms with Crippen molar-refractivity contribution in [2.75, 3.05) is 51.3 Å². The van der Waals surface area contributed by atoms with E-state index in [-0.39, 0.29) is 5.82 Å². The van der Waals surface area contributed by atoms with Crippen molar-refractivity contribution < 1.29 is 9.13 Å². The second-order valence-corrected chi connectivity index (χ2v) is 11.8. The first-order chi connectivity index (χ1) is 18.1. The molecule has 9 heteroatoms. The molecule has 0 radical (unpaired) electrons. The van der Waals surface area contributed by atoms with Crippen LogP contribution in [0.5, 0.6) is 0 Å². The summed E-state index contributed by atoms with van der Waals surface area (Å²) < 4.78 is 21.9. The number of nitrogens with one attached hydrogen (secondary N) is 1. The zero-order valence-electron chi connectivity index (χ0n) is 21.3. The third-order valence-corrected chi connectivity index (χ3v) is 9.36. The first-order valence-corrected chi connectivity index (χ1v) is 14.3. The van der Waals surface area contributed by atoms with Gasteiger partial charge in [0.05, 0.1) is 29.0 Å². The van der Waals surface area contributed by atoms with E-state index in [9.17, 15) is 0 Å². The van der Waals surface area contributed by atoms with Gasteiger partial charge in [-0.05, 0) is 57.0 Å². The monoisotopic (exact) mass is 520 g/mol. The smallest absolute Gasteiger partial charge is 0.165 e. The molecule has 3 aliphatic rings. The van der Waals surface area contributed by atoms with Crippen LogP contribution >= 0.6 is 11.3 Å². The summed E-state index contributed by atoms with van der Waals surface area (Å²) in [6.45, 7) is 6.08. The summed E-state index contributed by atoms with van der Waals surface area (Å²) in [4.78, 5) is 21.9. The molecule has 0 atom stereocenters. The lowest BCUT2D eigenvalue weighted by Gasteiger charge is -2.36. The minimum absolute atomic E-state index is 0.297. The van der Waals surface area contributed by atoms with E-state index in [0.29, 0.717) is 24.6 Å². The minimum atomic E-state index is -0.297. The number of anilines is 1. The molecule has 2 saturated heterocycles. The van der Waals surface area contributed by atoms with Crippen LogP contribution in [0.25, 0.3) is 32.5 Å². The third-order valence-electron chi connectivity index (χ3n) is 8.26. The number of morpholine rings is 1. The Morgan fingerprint density at radius 2 is 1.84 bits per heavy atom. The number of halogens is 1. The molecule has 37 heavy (non-hydrogen) atoms. The van der Waals surface area contributed by atoms with E-state index in [1.165, 1.54) is 36.6 Å². The Morgan fingerprint density at radius 1 is 1.05 bits per heavy atom. The van der Waals surface area contributed by atoms with Crippen molar-refractivity contribution >= 4 is 38.3 Å². The Bertz CT molecular complexity index is 1420. The Hall–Kier alpha value is -2.59. The number of rotatable bonds is 6. The molecule has 7 nitrogen and oxygen atoms in total. The van der Waals surface area contributed by atoms with Crippen LogP contribution in [0.1, 0.15) is 30.6 Å². The molecule has 0 bridgehead atoms. The summed E-state index contributed by atoms with van der Waals surface area (Å²) in [6, 6.07) is 8.92. The van der Waals surface area contributed by atoms with Crippen LogP contribution in [0, 0.1) is 5.82 Å². The number of hydrogen-bond acceptors (Lipinski definition) is 7. The van der Waals surface area contributed by atoms with Gasteiger partial charge in [-0.3, -0.25) is 4.90 Å². The number of aromatic nitrogens is 3. The molecule has 7 rings (SSSR count). The topological polar surface area (TPSA) is 60.5 Å². The first kappa shape index (κ1) is 23.5. The number of likely N-dealkylation sites (tertiary alicyclic amines) is 1. The average Bonchev–Trinajstić information content (AvgIpc) is 3.53. The van der Waals surface area contributed by atoms with Crippen LogP contribution in [0.15, 0.2) is 30.5 Å². The van der Waals surface area contributed by atoms with Crippen molar-refractivity contribution in [3.63, 3.8) is 0 Å². The van der Waals surface area contributed by atoms with E-state index in [4.69, 9.17) is 14.7 Å². The second-order valence-electron chi connectivity index (χ2n) is 10.7. The highest BCUT2D eigenvalue weighted by molar-refractivity contribution is 7.19. The molecule has 3 aromatic heterocycles. The Labute approximate surface area is 220 Å². The number of aromatic amines is 1. The normalized spacial score (nSPS) is 20.0. The number of nitrogens with zero attached hydrogens (tertiary/aromatic N) is 5. The number of H-pyrrole nitrogens is 1. The largest absolute Gasteiger partial charge is 0.378 e. The number of thiophene rings is 1. The fraction of sp³-hybridized carbons (Fsp3) is 0.500. The molecule has 1 saturated carbocycles. The number of piperidine rings is 1. The van der Waals surface area contributed by atoms with Gasteiger partial charge >= 0.3 is 0 Å². The van der Waals surface area contributed by atoms with Crippen LogP contribution in [-0.4, -0.2) is 83.3 Å². The van der Waals surface area contributed by atoms with Gasteiger partial charge < -0.3 is 19.5 Å². The van der Waals surface area contributed by atoms with Crippen LogP contribution in [-0.2, 0) is 11.3 Å². The average molecular weight is 521 g/mol. The van der Waals surface area contributed by atoms with E-state index in [1.54, 1.807) is 17.4 Å². The molecule has 0 unspecified atom stereocenters. The molecule has 1 aromatic carbocycles. The van der Waals surface area contributed by atoms with E-state index >= 15 is 4.39 Å². The van der Waals surface area contributed by atoms with Crippen LogP contribution < -0.4 is 4.90 Å². The standard InChI is InChI=1S/C28H33FN6OS/c1-33(18-2-3-18)19-7-10-34(11-8-19)17-20-16-24-26(37-20)28(35-12-14-36-15-13-35)32-27(31-24)25-21-6-9-30-23(21)5-4-22(25)29/h4-6,9,16,18-19,30H,2-3,7-8,10-15,17H2,1H3. The second kappa shape index (κ2) is 9.62. The van der Waals surface area contributed by atoms with E-state index in [0.717, 1.165) is 71.7 Å². The Balaban J connectivity index is 1.21. The fourth-order valence-corrected chi connectivity index (χ4v) is 7.12. The maximum absolute atomic E-state index is 15.2. The highest BCUT2D eigenvalue weighted by Crippen LogP contribution is 2.38. The SMILES string of the molecule is CN(C1CC1)C1CCN(Cc2cc3nc(-c4c(F)ccc5[nH]ccc45)nc(N4CCOCC4)c3s2)CC1. The number of fused-ring (bicyclic) bond motifs is 2. The fourth-order valence-electron chi connectivity index (χ4n) is 5.96. The van der Waals surface area contributed by atoms with Gasteiger partial charge in [-0.15, -0.1) is 11.3 Å². The molecular formula is C28H33FN6OS. The van der Waals surface area contributed by atoms with Gasteiger partial charge in [0.2, 0.25) is 0 Å². The first-order valence-electron chi connectivity index (χ1n) is 13.5. The van der Waals surface area contributed by atoms with Gasteiger partial charge in [0.15, 0.2) is 11.6 Å². The quantitative estimate of drug-likeness (QED) is 0.391. The molecule has 3 fully saturated rings. The molecular weight excluding hydrogens is 487 g/mol. The van der Waals surface area contributed by atoms with Gasteiger partial charge in [-0.1, -0.05) is 0 Å². The lowest BCUT2D eigenvalue weighted by atomic mass is 10.0. The highest BCUT2D eigenvalue weighted by Gasteiger charge is 2.33. The van der Waals surface area contributed by atoms with Crippen molar-refractivity contribution in [3.05, 3.63) is 41.2 Å². The molecule has 194 valence electrons. The van der Waals surface area contributed by atoms with Gasteiger partial charge in [0, 0.05) is 66.8 Å². The van der Waals surface area contributed by atoms with E-state index in [1.807, 2.05) is 12.3 Å². The number of benzene rings is 1. The molecule has 2 aliphatic heterocycles. The molecule has 1 aliphatic carbocycles. The van der Waals surface area contributed by atoms with Gasteiger partial charge in [-0.25, -0.2) is 14.4 Å². The molecule has 0 spiro atoms. The summed E-state index contributed by atoms with van der Waals surface area (Å²) in [5.74, 6) is 1.05. The van der Waals surface area contributed by atoms with E-state index < -0.39 is 0 Å². The van der Waals surface area contributed by atoms with Crippen molar-refractivity contribution in [3.8, 4) is 11.4 Å². The van der Waals surface area contributed by atoms with Crippen molar-refractivity contribution in [1.29, 1.82) is 0 Å². The molecule has 4 aromatic rings. The molecule has 5 heterocycles. The maximum Gasteiger partial charge on any atom is 0.165 e. The van der Waals surface area contributed by atoms with Crippen molar-refractivity contribution in [2.24, 2.45) is 0 Å². The molecule has 1 N–H and O–H groups in total. The molecule has 0 amide bonds. The van der Waals surface area contributed by atoms with Crippen LogP contribution in [0.4, 0.5) is 10.2 Å². The lowest BCUT2D eigenvalue weighted by Crippen LogP contribution is -2.43. The van der Waals surface area contributed by atoms with Gasteiger partial charge in [0.1, 0.15) is 5.82 Å². The van der Waals surface area contributed by atoms with Gasteiger partial charge in [0.25, 0.3) is 0 Å². The summed E-state index contributed by atoms with van der Waals surface area (Å²) in [5, 5.41) is 0.807. The van der Waals surface area contributed by atoms with Crippen LogP contribution in [0.2, 0.25) is 0 Å². The van der Waals surface area contributed by atoms with Gasteiger partial charge in [-0.2, -0.15) is 0 Å². The zero-order valence-corrected chi connectivity index (χ0v) is 22.1. The number of ether oxygens (including phenoxy) is 1. The van der Waals surface area contributed by atoms with Crippen LogP contribution in [0.3, 0.4) is 0 Å². The van der Waals surface area contributed by atoms with E-state index in [2.05, 4.69) is 32.8 Å². The lowest BCUT2D eigenvalue weighted by molar-refractivity contribution is 0.119. The number of hydrogen-bond donors (Lipinski definition) is 1. The summed E-state index contributed by atoms with van der Waals surface area (Å²) in [5.41, 5.74) is 2.25. The highest BCUT2D eigenvalue weighted by atomic mass is 32.1. The van der Waals surface area contributed by atoms with Crippen molar-refractivity contribution in [2.45, 2.75) is 44.3 Å². The Morgan fingerprint density at radius 3 is 2.62 bits per heavy atom. The minimum Gasteiger partial charge on any atom is -0.378 e. The predicted octanol–water partition coefficient (Wildman–Crippen LogP) is 4.87. The third kappa shape index (κ3) is 4.52. The summed E-state index contributed by atoms with van der Waals surface area (Å²) in [7, 11) is 2.31.